The standard InChI is InChI=1S/C12H12ClFO2/c1-7-5-9(13)8(6-10(7)14)12(3-4-12)11(15)16-2/h5-6H,3-4H2,1-2H3. The van der Waals surface area contributed by atoms with Crippen LogP contribution in [0.4, 0.5) is 4.39 Å². The molecule has 1 aromatic carbocycles. The predicted molar refractivity (Wildman–Crippen MR) is 59.1 cm³/mol. The van der Waals surface area contributed by atoms with Crippen molar-refractivity contribution in [3.05, 3.63) is 34.1 Å². The number of hydrogen-bond donors (Lipinski definition) is 0. The molecule has 2 nitrogen and oxygen atoms in total. The lowest BCUT2D eigenvalue weighted by Gasteiger charge is -2.15. The Morgan fingerprint density at radius 1 is 1.50 bits per heavy atom. The van der Waals surface area contributed by atoms with Gasteiger partial charge in [-0.2, -0.15) is 0 Å². The van der Waals surface area contributed by atoms with E-state index in [9.17, 15) is 9.18 Å². The van der Waals surface area contributed by atoms with Crippen LogP contribution in [0, 0.1) is 12.7 Å². The van der Waals surface area contributed by atoms with E-state index >= 15 is 0 Å². The van der Waals surface area contributed by atoms with E-state index in [1.165, 1.54) is 13.2 Å². The molecule has 0 bridgehead atoms. The zero-order valence-electron chi connectivity index (χ0n) is 9.14. The molecule has 4 heteroatoms. The first-order valence-corrected chi connectivity index (χ1v) is 5.43. The van der Waals surface area contributed by atoms with Crippen molar-refractivity contribution in [2.24, 2.45) is 0 Å². The number of carbonyl (C=O) groups excluding carboxylic acids is 1. The van der Waals surface area contributed by atoms with Gasteiger partial charge in [0.25, 0.3) is 0 Å². The fourth-order valence-corrected chi connectivity index (χ4v) is 2.32. The topological polar surface area (TPSA) is 26.3 Å². The molecule has 0 aromatic heterocycles. The van der Waals surface area contributed by atoms with Gasteiger partial charge in [-0.3, -0.25) is 4.79 Å². The number of methoxy groups -OCH3 is 1. The quantitative estimate of drug-likeness (QED) is 0.746. The lowest BCUT2D eigenvalue weighted by molar-refractivity contribution is -0.143. The minimum Gasteiger partial charge on any atom is -0.468 e. The second-order valence-corrected chi connectivity index (χ2v) is 4.56. The van der Waals surface area contributed by atoms with Crippen LogP contribution in [0.2, 0.25) is 5.02 Å². The SMILES string of the molecule is COC(=O)C1(c2cc(F)c(C)cc2Cl)CC1. The zero-order chi connectivity index (χ0) is 11.9. The lowest BCUT2D eigenvalue weighted by atomic mass is 9.95. The van der Waals surface area contributed by atoms with Gasteiger partial charge < -0.3 is 4.74 Å². The second-order valence-electron chi connectivity index (χ2n) is 4.15. The molecule has 2 rings (SSSR count). The largest absolute Gasteiger partial charge is 0.468 e. The molecular weight excluding hydrogens is 231 g/mol. The monoisotopic (exact) mass is 242 g/mol. The van der Waals surface area contributed by atoms with E-state index in [0.717, 1.165) is 0 Å². The van der Waals surface area contributed by atoms with Crippen molar-refractivity contribution >= 4 is 17.6 Å². The molecule has 0 aliphatic heterocycles. The number of ether oxygens (including phenoxy) is 1. The molecule has 0 amide bonds. The molecule has 1 aliphatic rings. The zero-order valence-corrected chi connectivity index (χ0v) is 9.90. The van der Waals surface area contributed by atoms with Crippen LogP contribution in [0.15, 0.2) is 12.1 Å². The predicted octanol–water partition coefficient (Wildman–Crippen LogP) is 2.99. The van der Waals surface area contributed by atoms with Crippen LogP contribution >= 0.6 is 11.6 Å². The second kappa shape index (κ2) is 3.74. The molecule has 16 heavy (non-hydrogen) atoms. The Morgan fingerprint density at radius 3 is 2.62 bits per heavy atom. The molecule has 86 valence electrons. The van der Waals surface area contributed by atoms with Gasteiger partial charge in [0.15, 0.2) is 0 Å². The molecule has 0 radical (unpaired) electrons. The van der Waals surface area contributed by atoms with E-state index in [2.05, 4.69) is 0 Å². The third-order valence-electron chi connectivity index (χ3n) is 3.09. The third kappa shape index (κ3) is 1.59. The summed E-state index contributed by atoms with van der Waals surface area (Å²) < 4.78 is 18.2. The van der Waals surface area contributed by atoms with Crippen LogP contribution in [0.3, 0.4) is 0 Å². The Balaban J connectivity index is 2.49. The van der Waals surface area contributed by atoms with Crippen molar-refractivity contribution in [2.45, 2.75) is 25.2 Å². The van der Waals surface area contributed by atoms with Gasteiger partial charge in [0.05, 0.1) is 12.5 Å². The Bertz CT molecular complexity index is 453. The molecular formula is C12H12ClFO2. The first-order chi connectivity index (χ1) is 7.51. The Kier molecular flexibility index (Phi) is 2.66. The number of aryl methyl sites for hydroxylation is 1. The summed E-state index contributed by atoms with van der Waals surface area (Å²) in [7, 11) is 1.33. The van der Waals surface area contributed by atoms with Gasteiger partial charge in [-0.1, -0.05) is 11.6 Å². The summed E-state index contributed by atoms with van der Waals surface area (Å²) in [6.07, 6.45) is 1.34. The summed E-state index contributed by atoms with van der Waals surface area (Å²) in [4.78, 5) is 11.6. The summed E-state index contributed by atoms with van der Waals surface area (Å²) in [5.74, 6) is -0.674. The highest BCUT2D eigenvalue weighted by atomic mass is 35.5. The van der Waals surface area contributed by atoms with Crippen molar-refractivity contribution in [3.63, 3.8) is 0 Å². The van der Waals surface area contributed by atoms with Gasteiger partial charge in [0.2, 0.25) is 0 Å². The van der Waals surface area contributed by atoms with Crippen LogP contribution in [-0.4, -0.2) is 13.1 Å². The van der Waals surface area contributed by atoms with E-state index in [-0.39, 0.29) is 11.8 Å². The number of rotatable bonds is 2. The molecule has 0 spiro atoms. The van der Waals surface area contributed by atoms with Crippen LogP contribution in [0.5, 0.6) is 0 Å². The van der Waals surface area contributed by atoms with E-state index in [1.807, 2.05) is 0 Å². The Hall–Kier alpha value is -1.09. The van der Waals surface area contributed by atoms with E-state index in [1.54, 1.807) is 13.0 Å². The van der Waals surface area contributed by atoms with E-state index < -0.39 is 5.41 Å². The molecule has 1 fully saturated rings. The van der Waals surface area contributed by atoms with E-state index in [0.29, 0.717) is 29.0 Å². The Morgan fingerprint density at radius 2 is 2.12 bits per heavy atom. The van der Waals surface area contributed by atoms with Crippen molar-refractivity contribution in [1.29, 1.82) is 0 Å². The fourth-order valence-electron chi connectivity index (χ4n) is 1.92. The number of carbonyl (C=O) groups is 1. The maximum Gasteiger partial charge on any atom is 0.316 e. The molecule has 1 aliphatic carbocycles. The molecule has 0 saturated heterocycles. The first kappa shape index (κ1) is 11.4. The van der Waals surface area contributed by atoms with Gasteiger partial charge in [0.1, 0.15) is 5.82 Å². The van der Waals surface area contributed by atoms with Gasteiger partial charge >= 0.3 is 5.97 Å². The van der Waals surface area contributed by atoms with Crippen LogP contribution in [-0.2, 0) is 14.9 Å². The molecule has 1 aromatic rings. The summed E-state index contributed by atoms with van der Waals surface area (Å²) in [5.41, 5.74) is 0.318. The average molecular weight is 243 g/mol. The Labute approximate surface area is 98.4 Å². The van der Waals surface area contributed by atoms with Crippen LogP contribution < -0.4 is 0 Å². The number of hydrogen-bond acceptors (Lipinski definition) is 2. The number of halogens is 2. The van der Waals surface area contributed by atoms with Crippen LogP contribution in [0.1, 0.15) is 24.0 Å². The normalized spacial score (nSPS) is 17.0. The maximum absolute atomic E-state index is 13.5. The highest BCUT2D eigenvalue weighted by Crippen LogP contribution is 2.51. The van der Waals surface area contributed by atoms with Crippen molar-refractivity contribution < 1.29 is 13.9 Å². The fraction of sp³-hybridized carbons (Fsp3) is 0.417. The number of esters is 1. The highest BCUT2D eigenvalue weighted by molar-refractivity contribution is 6.32. The highest BCUT2D eigenvalue weighted by Gasteiger charge is 2.53. The minimum absolute atomic E-state index is 0.336. The summed E-state index contributed by atoms with van der Waals surface area (Å²) in [6, 6.07) is 2.90. The molecule has 0 N–H and O–H groups in total. The van der Waals surface area contributed by atoms with Crippen molar-refractivity contribution in [3.8, 4) is 0 Å². The van der Waals surface area contributed by atoms with Gasteiger partial charge in [0, 0.05) is 5.02 Å². The smallest absolute Gasteiger partial charge is 0.316 e. The summed E-state index contributed by atoms with van der Waals surface area (Å²) >= 11 is 6.05. The first-order valence-electron chi connectivity index (χ1n) is 5.06. The molecule has 1 saturated carbocycles. The lowest BCUT2D eigenvalue weighted by Crippen LogP contribution is -2.22. The number of benzene rings is 1. The average Bonchev–Trinajstić information content (AvgIpc) is 3.03. The van der Waals surface area contributed by atoms with Crippen molar-refractivity contribution in [1.82, 2.24) is 0 Å². The summed E-state index contributed by atoms with van der Waals surface area (Å²) in [6.45, 7) is 1.64. The maximum atomic E-state index is 13.5. The minimum atomic E-state index is -0.708. The van der Waals surface area contributed by atoms with Gasteiger partial charge in [-0.25, -0.2) is 4.39 Å². The third-order valence-corrected chi connectivity index (χ3v) is 3.40. The van der Waals surface area contributed by atoms with Crippen molar-refractivity contribution in [2.75, 3.05) is 7.11 Å². The van der Waals surface area contributed by atoms with Gasteiger partial charge in [-0.05, 0) is 43.0 Å². The molecule has 0 unspecified atom stereocenters. The molecule has 0 heterocycles. The summed E-state index contributed by atoms with van der Waals surface area (Å²) in [5, 5.41) is 0.432. The van der Waals surface area contributed by atoms with Crippen LogP contribution in [0.25, 0.3) is 0 Å². The van der Waals surface area contributed by atoms with Gasteiger partial charge in [-0.15, -0.1) is 0 Å². The van der Waals surface area contributed by atoms with E-state index in [4.69, 9.17) is 16.3 Å². The molecule has 0 atom stereocenters.